The van der Waals surface area contributed by atoms with Crippen LogP contribution in [0.1, 0.15) is 40.1 Å². The summed E-state index contributed by atoms with van der Waals surface area (Å²) in [6, 6.07) is 14.2. The molecule has 0 saturated carbocycles. The topological polar surface area (TPSA) is 73.9 Å². The Morgan fingerprint density at radius 2 is 1.65 bits per heavy atom. The lowest BCUT2D eigenvalue weighted by atomic mass is 9.85. The van der Waals surface area contributed by atoms with E-state index in [2.05, 4.69) is 5.32 Å². The average molecular weight is 440 g/mol. The molecule has 31 heavy (non-hydrogen) atoms. The number of carbonyl (C=O) groups excluding carboxylic acids is 2. The SMILES string of the molecule is COc1ccc(C(=O)Nc2ccc(C(C)(C)COC(=O)c3ccsc3)cc2)cc1OC. The van der Waals surface area contributed by atoms with Gasteiger partial charge >= 0.3 is 5.97 Å². The minimum absolute atomic E-state index is 0.249. The molecule has 0 aliphatic carbocycles. The second-order valence-electron chi connectivity index (χ2n) is 7.57. The maximum Gasteiger partial charge on any atom is 0.339 e. The molecule has 0 saturated heterocycles. The molecule has 0 radical (unpaired) electrons. The smallest absolute Gasteiger partial charge is 0.339 e. The van der Waals surface area contributed by atoms with Crippen molar-refractivity contribution in [3.8, 4) is 11.5 Å². The van der Waals surface area contributed by atoms with Gasteiger partial charge in [0.1, 0.15) is 6.61 Å². The Kier molecular flexibility index (Phi) is 6.97. The maximum atomic E-state index is 12.6. The van der Waals surface area contributed by atoms with Crippen LogP contribution < -0.4 is 14.8 Å². The number of anilines is 1. The number of hydrogen-bond donors (Lipinski definition) is 1. The van der Waals surface area contributed by atoms with E-state index in [0.717, 1.165) is 5.56 Å². The van der Waals surface area contributed by atoms with E-state index >= 15 is 0 Å². The molecule has 0 fully saturated rings. The highest BCUT2D eigenvalue weighted by Gasteiger charge is 2.23. The fourth-order valence-corrected chi connectivity index (χ4v) is 3.60. The molecule has 0 unspecified atom stereocenters. The number of nitrogens with one attached hydrogen (secondary N) is 1. The monoisotopic (exact) mass is 439 g/mol. The summed E-state index contributed by atoms with van der Waals surface area (Å²) in [6.45, 7) is 4.26. The van der Waals surface area contributed by atoms with Gasteiger partial charge in [0.2, 0.25) is 0 Å². The molecule has 0 aliphatic rings. The van der Waals surface area contributed by atoms with Gasteiger partial charge in [-0.15, -0.1) is 0 Å². The molecule has 0 aliphatic heterocycles. The van der Waals surface area contributed by atoms with E-state index in [0.29, 0.717) is 28.3 Å². The molecule has 0 atom stereocenters. The van der Waals surface area contributed by atoms with Crippen molar-refractivity contribution < 1.29 is 23.8 Å². The van der Waals surface area contributed by atoms with Crippen molar-refractivity contribution in [1.82, 2.24) is 0 Å². The maximum absolute atomic E-state index is 12.6. The van der Waals surface area contributed by atoms with Crippen molar-refractivity contribution in [1.29, 1.82) is 0 Å². The molecular weight excluding hydrogens is 414 g/mol. The lowest BCUT2D eigenvalue weighted by molar-refractivity contribution is 0.0427. The summed E-state index contributed by atoms with van der Waals surface area (Å²) in [5, 5.41) is 6.49. The van der Waals surface area contributed by atoms with Gasteiger partial charge in [0.15, 0.2) is 11.5 Å². The third-order valence-corrected chi connectivity index (χ3v) is 5.57. The summed E-state index contributed by atoms with van der Waals surface area (Å²) in [5.41, 5.74) is 2.30. The van der Waals surface area contributed by atoms with Gasteiger partial charge in [0.25, 0.3) is 5.91 Å². The second-order valence-corrected chi connectivity index (χ2v) is 8.35. The third kappa shape index (κ3) is 5.44. The number of benzene rings is 2. The molecule has 1 aromatic heterocycles. The van der Waals surface area contributed by atoms with Crippen LogP contribution in [0, 0.1) is 0 Å². The largest absolute Gasteiger partial charge is 0.493 e. The molecule has 7 heteroatoms. The predicted octanol–water partition coefficient (Wildman–Crippen LogP) is 5.15. The van der Waals surface area contributed by atoms with Crippen LogP contribution in [0.5, 0.6) is 11.5 Å². The minimum atomic E-state index is -0.377. The van der Waals surface area contributed by atoms with Crippen molar-refractivity contribution in [3.05, 3.63) is 76.0 Å². The van der Waals surface area contributed by atoms with Crippen LogP contribution >= 0.6 is 11.3 Å². The van der Waals surface area contributed by atoms with Crippen molar-refractivity contribution in [2.75, 3.05) is 26.1 Å². The molecule has 1 N–H and O–H groups in total. The highest BCUT2D eigenvalue weighted by Crippen LogP contribution is 2.29. The average Bonchev–Trinajstić information content (AvgIpc) is 3.32. The van der Waals surface area contributed by atoms with Crippen molar-refractivity contribution >= 4 is 28.9 Å². The normalized spacial score (nSPS) is 11.0. The fourth-order valence-electron chi connectivity index (χ4n) is 2.98. The van der Waals surface area contributed by atoms with Crippen LogP contribution in [0.4, 0.5) is 5.69 Å². The summed E-state index contributed by atoms with van der Waals surface area (Å²) in [4.78, 5) is 24.7. The molecular formula is C24H25NO5S. The highest BCUT2D eigenvalue weighted by molar-refractivity contribution is 7.08. The van der Waals surface area contributed by atoms with Gasteiger partial charge in [-0.3, -0.25) is 4.79 Å². The summed E-state index contributed by atoms with van der Waals surface area (Å²) >= 11 is 1.46. The van der Waals surface area contributed by atoms with Crippen LogP contribution in [0.15, 0.2) is 59.3 Å². The molecule has 6 nitrogen and oxygen atoms in total. The molecule has 1 amide bonds. The Morgan fingerprint density at radius 1 is 0.935 bits per heavy atom. The van der Waals surface area contributed by atoms with Gasteiger partial charge in [-0.1, -0.05) is 26.0 Å². The molecule has 162 valence electrons. The minimum Gasteiger partial charge on any atom is -0.493 e. The van der Waals surface area contributed by atoms with E-state index in [9.17, 15) is 9.59 Å². The van der Waals surface area contributed by atoms with Crippen molar-refractivity contribution in [3.63, 3.8) is 0 Å². The Labute approximate surface area is 185 Å². The Hall–Kier alpha value is -3.32. The standard InChI is InChI=1S/C24H25NO5S/c1-24(2,15-30-23(27)17-11-12-31-14-17)18-6-8-19(9-7-18)25-22(26)16-5-10-20(28-3)21(13-16)29-4/h5-14H,15H2,1-4H3,(H,25,26). The summed E-state index contributed by atoms with van der Waals surface area (Å²) in [5.74, 6) is 0.473. The zero-order valence-electron chi connectivity index (χ0n) is 17.9. The van der Waals surface area contributed by atoms with E-state index < -0.39 is 0 Å². The Bertz CT molecular complexity index is 1040. The van der Waals surface area contributed by atoms with E-state index in [1.54, 1.807) is 36.8 Å². The predicted molar refractivity (Wildman–Crippen MR) is 122 cm³/mol. The summed E-state index contributed by atoms with van der Waals surface area (Å²) in [7, 11) is 3.07. The van der Waals surface area contributed by atoms with Gasteiger partial charge in [-0.2, -0.15) is 11.3 Å². The quantitative estimate of drug-likeness (QED) is 0.491. The zero-order chi connectivity index (χ0) is 22.4. The molecule has 3 aromatic rings. The number of esters is 1. The summed E-state index contributed by atoms with van der Waals surface area (Å²) < 4.78 is 15.9. The van der Waals surface area contributed by atoms with Crippen LogP contribution in [0.3, 0.4) is 0 Å². The number of carbonyl (C=O) groups is 2. The van der Waals surface area contributed by atoms with Gasteiger partial charge < -0.3 is 19.5 Å². The van der Waals surface area contributed by atoms with Crippen LogP contribution in [0.25, 0.3) is 0 Å². The van der Waals surface area contributed by atoms with Crippen LogP contribution in [-0.2, 0) is 10.2 Å². The molecule has 0 bridgehead atoms. The first-order valence-corrected chi connectivity index (χ1v) is 10.6. The number of methoxy groups -OCH3 is 2. The molecule has 3 rings (SSSR count). The van der Waals surface area contributed by atoms with E-state index in [-0.39, 0.29) is 23.9 Å². The van der Waals surface area contributed by atoms with E-state index in [1.807, 2.05) is 43.5 Å². The second kappa shape index (κ2) is 9.66. The van der Waals surface area contributed by atoms with Gasteiger partial charge in [0.05, 0.1) is 19.8 Å². The highest BCUT2D eigenvalue weighted by atomic mass is 32.1. The zero-order valence-corrected chi connectivity index (χ0v) is 18.7. The Balaban J connectivity index is 1.64. The molecule has 2 aromatic carbocycles. The number of thiophene rings is 1. The van der Waals surface area contributed by atoms with E-state index in [4.69, 9.17) is 14.2 Å². The number of amides is 1. The van der Waals surface area contributed by atoms with Gasteiger partial charge in [-0.05, 0) is 47.3 Å². The summed E-state index contributed by atoms with van der Waals surface area (Å²) in [6.07, 6.45) is 0. The van der Waals surface area contributed by atoms with Crippen LogP contribution in [-0.4, -0.2) is 32.7 Å². The fraction of sp³-hybridized carbons (Fsp3) is 0.250. The lowest BCUT2D eigenvalue weighted by Crippen LogP contribution is -2.26. The first-order valence-electron chi connectivity index (χ1n) is 9.67. The lowest BCUT2D eigenvalue weighted by Gasteiger charge is -2.25. The number of hydrogen-bond acceptors (Lipinski definition) is 6. The van der Waals surface area contributed by atoms with Crippen molar-refractivity contribution in [2.24, 2.45) is 0 Å². The number of ether oxygens (including phenoxy) is 3. The van der Waals surface area contributed by atoms with E-state index in [1.165, 1.54) is 18.4 Å². The van der Waals surface area contributed by atoms with Gasteiger partial charge in [-0.25, -0.2) is 4.79 Å². The number of rotatable bonds is 8. The van der Waals surface area contributed by atoms with Crippen LogP contribution in [0.2, 0.25) is 0 Å². The Morgan fingerprint density at radius 3 is 2.26 bits per heavy atom. The third-order valence-electron chi connectivity index (χ3n) is 4.89. The molecule has 1 heterocycles. The first kappa shape index (κ1) is 22.4. The molecule has 0 spiro atoms. The van der Waals surface area contributed by atoms with Gasteiger partial charge in [0, 0.05) is 22.0 Å². The van der Waals surface area contributed by atoms with Crippen molar-refractivity contribution in [2.45, 2.75) is 19.3 Å². The first-order chi connectivity index (χ1) is 14.8.